The molecule has 11 bridgehead atoms. The van der Waals surface area contributed by atoms with Crippen LogP contribution in [0.5, 0.6) is 11.5 Å². The smallest absolute Gasteiger partial charge is 0.334 e. The maximum absolute atomic E-state index is 16.2. The Balaban J connectivity index is 1.16. The van der Waals surface area contributed by atoms with Crippen LogP contribution < -0.4 is 15.4 Å². The number of ether oxygens (including phenoxy) is 3. The van der Waals surface area contributed by atoms with Crippen LogP contribution in [0.4, 0.5) is 5.69 Å². The number of methoxy groups -OCH3 is 1. The van der Waals surface area contributed by atoms with Crippen molar-refractivity contribution in [3.63, 3.8) is 0 Å². The Morgan fingerprint density at radius 1 is 0.885 bits per heavy atom. The number of aromatic hydroxyl groups is 1. The van der Waals surface area contributed by atoms with Gasteiger partial charge in [0.15, 0.2) is 0 Å². The molecule has 11 rings (SSSR count). The molecule has 0 spiro atoms. The first-order valence-corrected chi connectivity index (χ1v) is 28.9. The molecule has 416 valence electrons. The van der Waals surface area contributed by atoms with Crippen LogP contribution in [0.1, 0.15) is 159 Å². The number of nitrogens with one attached hydrogen (secondary N) is 2. The minimum absolute atomic E-state index is 0.0345. The van der Waals surface area contributed by atoms with Gasteiger partial charge in [-0.25, -0.2) is 4.79 Å². The van der Waals surface area contributed by atoms with E-state index in [9.17, 15) is 40.2 Å². The summed E-state index contributed by atoms with van der Waals surface area (Å²) in [6.45, 7) is 1.48. The summed E-state index contributed by atoms with van der Waals surface area (Å²) in [5, 5.41) is 80.2. The maximum atomic E-state index is 16.2. The number of fused-ring (bicyclic) bond motifs is 10. The first kappa shape index (κ1) is 54.6. The van der Waals surface area contributed by atoms with Crippen molar-refractivity contribution in [3.8, 4) is 23.3 Å². The van der Waals surface area contributed by atoms with Gasteiger partial charge in [0.05, 0.1) is 31.2 Å². The highest BCUT2D eigenvalue weighted by molar-refractivity contribution is 5.90. The second-order valence-corrected chi connectivity index (χ2v) is 24.4. The number of hydrogen-bond acceptors (Lipinski definition) is 14. The van der Waals surface area contributed by atoms with Gasteiger partial charge >= 0.3 is 11.9 Å². The number of phenols is 1. The van der Waals surface area contributed by atoms with Gasteiger partial charge in [0.2, 0.25) is 0 Å². The van der Waals surface area contributed by atoms with Crippen LogP contribution in [-0.2, 0) is 49.5 Å². The average Bonchev–Trinajstić information content (AvgIpc) is 3.48. The van der Waals surface area contributed by atoms with E-state index in [1.165, 1.54) is 14.0 Å². The Labute approximate surface area is 458 Å². The van der Waals surface area contributed by atoms with Crippen LogP contribution in [-0.4, -0.2) is 112 Å². The monoisotopic (exact) mass is 1070 g/mol. The lowest BCUT2D eigenvalue weighted by atomic mass is 9.49. The fraction of sp³-hybridized carbons (Fsp3) is 0.578. The van der Waals surface area contributed by atoms with E-state index >= 15 is 4.79 Å². The molecule has 0 saturated heterocycles. The summed E-state index contributed by atoms with van der Waals surface area (Å²) in [5.74, 6) is 3.12. The molecular formula is C64H78N2O12. The van der Waals surface area contributed by atoms with E-state index in [0.717, 1.165) is 48.8 Å². The lowest BCUT2D eigenvalue weighted by Crippen LogP contribution is -2.65. The van der Waals surface area contributed by atoms with Gasteiger partial charge in [-0.3, -0.25) is 9.59 Å². The molecule has 3 saturated carbocycles. The molecule has 14 heteroatoms. The van der Waals surface area contributed by atoms with Crippen molar-refractivity contribution in [2.24, 2.45) is 29.6 Å². The van der Waals surface area contributed by atoms with Gasteiger partial charge in [0.25, 0.3) is 0 Å². The predicted molar refractivity (Wildman–Crippen MR) is 293 cm³/mol. The first-order chi connectivity index (χ1) is 37.5. The Hall–Kier alpha value is -5.37. The minimum Gasteiger partial charge on any atom is -0.507 e. The standard InChI is InChI=1S/C64H78N2O12/c1-63(74,56(70)33-76-3)34-66-45-24-42(23-43(25-45)55(69)32-65-2)38-15-16-39-31-58(71)78-61-47(39)28-44(60(72)59(61)37-9-5-4-6-10-37)30-57-64(75)51-12-8-7-11-40(51)27-48-49(53(67)20-19-52(48)64)22-35-13-14-36-17-18-46(50(26-38)62(73)77-57)54(68)29-41(36)21-35/h7,11,13-14,21,23-25,28,37-40,48-49,51-52,54-57,65-66,68-70,72,74-75H,4-6,8-10,12,17-20,22,26-27,29-34H2,1-3H3/b50-46+/t38-,39-,40-,48-,49-,51-,52+,54+,55-,56+,57+,63+,64-/m0/s1. The third kappa shape index (κ3) is 10.4. The van der Waals surface area contributed by atoms with Gasteiger partial charge < -0.3 is 55.5 Å². The van der Waals surface area contributed by atoms with Crippen molar-refractivity contribution in [1.29, 1.82) is 0 Å². The number of aryl methyl sites for hydroxylation is 1. The highest BCUT2D eigenvalue weighted by atomic mass is 16.6. The minimum atomic E-state index is -1.67. The number of carbonyl (C=O) groups excluding carboxylic acids is 3. The number of ketones is 1. The highest BCUT2D eigenvalue weighted by Crippen LogP contribution is 2.59. The molecule has 0 unspecified atom stereocenters. The number of anilines is 1. The van der Waals surface area contributed by atoms with Crippen LogP contribution in [0.25, 0.3) is 0 Å². The molecule has 0 aromatic heterocycles. The van der Waals surface area contributed by atoms with E-state index in [0.29, 0.717) is 89.8 Å². The second kappa shape index (κ2) is 22.3. The van der Waals surface area contributed by atoms with E-state index in [1.54, 1.807) is 13.1 Å². The topological polar surface area (TPSA) is 224 Å². The number of allylic oxidation sites excluding steroid dienone is 2. The normalized spacial score (nSPS) is 32.3. The zero-order valence-electron chi connectivity index (χ0n) is 45.4. The molecule has 14 nitrogen and oxygen atoms in total. The van der Waals surface area contributed by atoms with Crippen molar-refractivity contribution in [2.45, 2.75) is 169 Å². The number of aliphatic hydroxyl groups excluding tert-OH is 3. The number of rotatable bonds is 11. The lowest BCUT2D eigenvalue weighted by molar-refractivity contribution is -0.221. The molecule has 3 fully saturated rings. The lowest BCUT2D eigenvalue weighted by Gasteiger charge is -2.58. The molecule has 13 atom stereocenters. The Morgan fingerprint density at radius 3 is 2.49 bits per heavy atom. The molecule has 8 N–H and O–H groups in total. The van der Waals surface area contributed by atoms with Crippen molar-refractivity contribution in [1.82, 2.24) is 5.32 Å². The Morgan fingerprint density at radius 2 is 1.69 bits per heavy atom. The predicted octanol–water partition coefficient (Wildman–Crippen LogP) is 7.23. The molecule has 3 heterocycles. The number of aliphatic hydroxyl groups is 5. The first-order valence-electron chi connectivity index (χ1n) is 28.9. The summed E-state index contributed by atoms with van der Waals surface area (Å²) in [5.41, 5.74) is 3.63. The summed E-state index contributed by atoms with van der Waals surface area (Å²) < 4.78 is 18.5. The molecule has 0 radical (unpaired) electrons. The summed E-state index contributed by atoms with van der Waals surface area (Å²) in [6.07, 6.45) is 8.26. The zero-order valence-corrected chi connectivity index (χ0v) is 45.4. The third-order valence-electron chi connectivity index (χ3n) is 19.5. The molecule has 78 heavy (non-hydrogen) atoms. The number of esters is 2. The van der Waals surface area contributed by atoms with Crippen LogP contribution in [0.15, 0.2) is 65.8 Å². The molecule has 3 aromatic rings. The Kier molecular flexibility index (Phi) is 15.6. The molecule has 0 amide bonds. The summed E-state index contributed by atoms with van der Waals surface area (Å²) in [4.78, 5) is 44.6. The number of carbonyl (C=O) groups is 3. The van der Waals surface area contributed by atoms with E-state index < -0.39 is 71.2 Å². The van der Waals surface area contributed by atoms with Gasteiger partial charge in [0, 0.05) is 73.7 Å². The molecule has 8 aliphatic rings. The zero-order chi connectivity index (χ0) is 54.6. The SMILES string of the molecule is CNC[C@H](O)c1cc(NC[C@@](C)(O)[C@H](O)COC)cc([C@H]2C#C[C@H]3CC(=O)Oc4c3cc(c(O)c4C3CCCCC3)C[C@H]3OC(=O)/C(=C4\CCc5ccc(cc5C[C@H]4O)C[C@@H]4C(=O)CC[C@@H]5[C@H]4C[C@@H]4C=CCC[C@@H]4[C@]53O)C2)c1. The van der Waals surface area contributed by atoms with Crippen molar-refractivity contribution in [2.75, 3.05) is 39.2 Å². The van der Waals surface area contributed by atoms with Crippen LogP contribution in [0.2, 0.25) is 0 Å². The fourth-order valence-electron chi connectivity index (χ4n) is 15.3. The summed E-state index contributed by atoms with van der Waals surface area (Å²) >= 11 is 0. The number of phenolic OH excluding ortho intramolecular Hbond substituents is 1. The van der Waals surface area contributed by atoms with Crippen LogP contribution >= 0.6 is 0 Å². The van der Waals surface area contributed by atoms with Gasteiger partial charge in [-0.1, -0.05) is 67.5 Å². The van der Waals surface area contributed by atoms with E-state index in [-0.39, 0.29) is 92.6 Å². The van der Waals surface area contributed by atoms with E-state index in [4.69, 9.17) is 14.2 Å². The quantitative estimate of drug-likeness (QED) is 0.0411. The highest BCUT2D eigenvalue weighted by Gasteiger charge is 2.62. The molecule has 3 aliphatic heterocycles. The number of Topliss-reactive ketones (excluding diaryl/α,β-unsaturated/α-hetero) is 1. The Bertz CT molecular complexity index is 2950. The van der Waals surface area contributed by atoms with Crippen LogP contribution in [0.3, 0.4) is 0 Å². The largest absolute Gasteiger partial charge is 0.507 e. The van der Waals surface area contributed by atoms with E-state index in [2.05, 4.69) is 52.8 Å². The van der Waals surface area contributed by atoms with Crippen molar-refractivity contribution >= 4 is 23.4 Å². The molecule has 5 aliphatic carbocycles. The second-order valence-electron chi connectivity index (χ2n) is 24.4. The van der Waals surface area contributed by atoms with E-state index in [1.807, 2.05) is 18.2 Å². The van der Waals surface area contributed by atoms with Gasteiger partial charge in [-0.05, 0) is 165 Å². The fourth-order valence-corrected chi connectivity index (χ4v) is 15.3. The van der Waals surface area contributed by atoms with Gasteiger partial charge in [-0.15, -0.1) is 0 Å². The van der Waals surface area contributed by atoms with Crippen LogP contribution in [0, 0.1) is 41.4 Å². The van der Waals surface area contributed by atoms with Gasteiger partial charge in [0.1, 0.15) is 40.7 Å². The molecular weight excluding hydrogens is 989 g/mol. The third-order valence-corrected chi connectivity index (χ3v) is 19.5. The maximum Gasteiger partial charge on any atom is 0.334 e. The van der Waals surface area contributed by atoms with Crippen molar-refractivity contribution in [3.05, 3.63) is 110 Å². The number of hydrogen-bond donors (Lipinski definition) is 8. The van der Waals surface area contributed by atoms with Crippen molar-refractivity contribution < 1.29 is 59.2 Å². The number of likely N-dealkylation sites (N-methyl/N-ethyl adjacent to an activating group) is 1. The summed E-state index contributed by atoms with van der Waals surface area (Å²) in [7, 11) is 3.18. The summed E-state index contributed by atoms with van der Waals surface area (Å²) in [6, 6.07) is 13.6. The average molecular weight is 1070 g/mol. The van der Waals surface area contributed by atoms with Gasteiger partial charge in [-0.2, -0.15) is 0 Å². The number of benzene rings is 3. The molecule has 3 aromatic carbocycles.